The number of aldehydes is 1. The van der Waals surface area contributed by atoms with E-state index in [4.69, 9.17) is 5.11 Å². The van der Waals surface area contributed by atoms with Gasteiger partial charge >= 0.3 is 0 Å². The van der Waals surface area contributed by atoms with Gasteiger partial charge in [0.1, 0.15) is 6.29 Å². The van der Waals surface area contributed by atoms with Crippen molar-refractivity contribution in [3.05, 3.63) is 0 Å². The number of nitrogens with zero attached hydrogens (tertiary/aromatic N) is 1. The molecule has 0 rings (SSSR count). The van der Waals surface area contributed by atoms with E-state index in [-0.39, 0.29) is 0 Å². The Bertz CT molecular complexity index is 74.5. The SMILES string of the molecule is CN(C)CCCCC=O.CO. The fourth-order valence-corrected chi connectivity index (χ4v) is 0.656. The van der Waals surface area contributed by atoms with Crippen LogP contribution in [0.1, 0.15) is 19.3 Å². The number of rotatable bonds is 5. The van der Waals surface area contributed by atoms with Gasteiger partial charge in [0.25, 0.3) is 0 Å². The van der Waals surface area contributed by atoms with Gasteiger partial charge in [-0.2, -0.15) is 0 Å². The number of carbonyl (C=O) groups excluding carboxylic acids is 1. The highest BCUT2D eigenvalue weighted by atomic mass is 16.2. The molecule has 0 heterocycles. The van der Waals surface area contributed by atoms with E-state index in [0.717, 1.165) is 32.8 Å². The van der Waals surface area contributed by atoms with Crippen molar-refractivity contribution in [1.82, 2.24) is 4.90 Å². The molecule has 3 heteroatoms. The summed E-state index contributed by atoms with van der Waals surface area (Å²) in [5.41, 5.74) is 0. The molecule has 0 saturated carbocycles. The Balaban J connectivity index is 0. The quantitative estimate of drug-likeness (QED) is 0.472. The minimum Gasteiger partial charge on any atom is -0.400 e. The average molecular weight is 161 g/mol. The molecule has 3 nitrogen and oxygen atoms in total. The van der Waals surface area contributed by atoms with Crippen molar-refractivity contribution in [2.45, 2.75) is 19.3 Å². The summed E-state index contributed by atoms with van der Waals surface area (Å²) in [6.07, 6.45) is 3.86. The first kappa shape index (κ1) is 13.2. The van der Waals surface area contributed by atoms with Crippen molar-refractivity contribution in [3.63, 3.8) is 0 Å². The molecule has 68 valence electrons. The van der Waals surface area contributed by atoms with Gasteiger partial charge in [-0.3, -0.25) is 0 Å². The predicted octanol–water partition coefficient (Wildman–Crippen LogP) is 0.526. The van der Waals surface area contributed by atoms with E-state index in [1.165, 1.54) is 0 Å². The Morgan fingerprint density at radius 1 is 1.27 bits per heavy atom. The number of carbonyl (C=O) groups is 1. The predicted molar refractivity (Wildman–Crippen MR) is 46.6 cm³/mol. The van der Waals surface area contributed by atoms with Crippen molar-refractivity contribution in [2.24, 2.45) is 0 Å². The summed E-state index contributed by atoms with van der Waals surface area (Å²) in [5, 5.41) is 7.00. The van der Waals surface area contributed by atoms with Crippen LogP contribution in [0.15, 0.2) is 0 Å². The van der Waals surface area contributed by atoms with E-state index in [9.17, 15) is 4.79 Å². The van der Waals surface area contributed by atoms with Gasteiger partial charge in [-0.1, -0.05) is 0 Å². The van der Waals surface area contributed by atoms with E-state index in [0.29, 0.717) is 6.42 Å². The summed E-state index contributed by atoms with van der Waals surface area (Å²) in [6.45, 7) is 1.09. The first-order chi connectivity index (χ1) is 5.27. The zero-order chi connectivity index (χ0) is 9.11. The molecule has 0 aliphatic heterocycles. The van der Waals surface area contributed by atoms with Crippen LogP contribution in [0.2, 0.25) is 0 Å². The van der Waals surface area contributed by atoms with Gasteiger partial charge in [0.2, 0.25) is 0 Å². The molecule has 0 aromatic heterocycles. The van der Waals surface area contributed by atoms with Crippen molar-refractivity contribution < 1.29 is 9.90 Å². The van der Waals surface area contributed by atoms with Crippen LogP contribution in [0, 0.1) is 0 Å². The van der Waals surface area contributed by atoms with E-state index in [1.807, 2.05) is 14.1 Å². The van der Waals surface area contributed by atoms with Crippen LogP contribution >= 0.6 is 0 Å². The molecular formula is C8H19NO2. The number of aliphatic hydroxyl groups is 1. The monoisotopic (exact) mass is 161 g/mol. The zero-order valence-corrected chi connectivity index (χ0v) is 7.71. The first-order valence-corrected chi connectivity index (χ1v) is 3.80. The van der Waals surface area contributed by atoms with Crippen LogP contribution in [-0.4, -0.2) is 44.0 Å². The number of unbranched alkanes of at least 4 members (excludes halogenated alkanes) is 2. The molecule has 11 heavy (non-hydrogen) atoms. The fourth-order valence-electron chi connectivity index (χ4n) is 0.656. The molecule has 0 bridgehead atoms. The summed E-state index contributed by atoms with van der Waals surface area (Å²) in [5.74, 6) is 0. The minimum atomic E-state index is 0.716. The second-order valence-corrected chi connectivity index (χ2v) is 2.47. The highest BCUT2D eigenvalue weighted by Gasteiger charge is 1.88. The highest BCUT2D eigenvalue weighted by molar-refractivity contribution is 5.48. The molecule has 0 aliphatic carbocycles. The van der Waals surface area contributed by atoms with Gasteiger partial charge in [-0.15, -0.1) is 0 Å². The maximum Gasteiger partial charge on any atom is 0.119 e. The third-order valence-electron chi connectivity index (χ3n) is 1.18. The molecule has 0 atom stereocenters. The van der Waals surface area contributed by atoms with Crippen LogP contribution in [-0.2, 0) is 4.79 Å². The number of hydrogen-bond acceptors (Lipinski definition) is 3. The lowest BCUT2D eigenvalue weighted by atomic mass is 10.2. The Labute approximate surface area is 69.0 Å². The Hall–Kier alpha value is -0.410. The van der Waals surface area contributed by atoms with Crippen LogP contribution in [0.3, 0.4) is 0 Å². The standard InChI is InChI=1S/C7H15NO.CH4O/c1-8(2)6-4-3-5-7-9;1-2/h7H,3-6H2,1-2H3;2H,1H3. The molecular weight excluding hydrogens is 142 g/mol. The summed E-state index contributed by atoms with van der Waals surface area (Å²) >= 11 is 0. The van der Waals surface area contributed by atoms with Gasteiger partial charge in [-0.05, 0) is 33.5 Å². The highest BCUT2D eigenvalue weighted by Crippen LogP contribution is 1.92. The van der Waals surface area contributed by atoms with Crippen LogP contribution in [0.25, 0.3) is 0 Å². The molecule has 0 aromatic rings. The van der Waals surface area contributed by atoms with Gasteiger partial charge in [-0.25, -0.2) is 0 Å². The van der Waals surface area contributed by atoms with Gasteiger partial charge < -0.3 is 14.8 Å². The third-order valence-corrected chi connectivity index (χ3v) is 1.18. The molecule has 0 spiro atoms. The minimum absolute atomic E-state index is 0.716. The first-order valence-electron chi connectivity index (χ1n) is 3.80. The van der Waals surface area contributed by atoms with E-state index in [2.05, 4.69) is 4.90 Å². The third kappa shape index (κ3) is 17.7. The number of hydrogen-bond donors (Lipinski definition) is 1. The summed E-state index contributed by atoms with van der Waals surface area (Å²) in [6, 6.07) is 0. The van der Waals surface area contributed by atoms with Crippen LogP contribution in [0.4, 0.5) is 0 Å². The second kappa shape index (κ2) is 12.3. The Morgan fingerprint density at radius 3 is 2.18 bits per heavy atom. The van der Waals surface area contributed by atoms with Crippen LogP contribution < -0.4 is 0 Å². The van der Waals surface area contributed by atoms with E-state index in [1.54, 1.807) is 0 Å². The average Bonchev–Trinajstić information content (AvgIpc) is 2.02. The maximum absolute atomic E-state index is 9.84. The van der Waals surface area contributed by atoms with Gasteiger partial charge in [0, 0.05) is 13.5 Å². The van der Waals surface area contributed by atoms with Crippen molar-refractivity contribution in [3.8, 4) is 0 Å². The summed E-state index contributed by atoms with van der Waals surface area (Å²) in [7, 11) is 5.09. The molecule has 0 saturated heterocycles. The summed E-state index contributed by atoms with van der Waals surface area (Å²) < 4.78 is 0. The van der Waals surface area contributed by atoms with Crippen molar-refractivity contribution in [2.75, 3.05) is 27.7 Å². The molecule has 0 amide bonds. The lowest BCUT2D eigenvalue weighted by Gasteiger charge is -2.06. The van der Waals surface area contributed by atoms with Gasteiger partial charge in [0.15, 0.2) is 0 Å². The smallest absolute Gasteiger partial charge is 0.119 e. The van der Waals surface area contributed by atoms with E-state index >= 15 is 0 Å². The topological polar surface area (TPSA) is 40.5 Å². The molecule has 0 fully saturated rings. The fraction of sp³-hybridized carbons (Fsp3) is 0.875. The summed E-state index contributed by atoms with van der Waals surface area (Å²) in [4.78, 5) is 12.0. The largest absolute Gasteiger partial charge is 0.400 e. The molecule has 1 N–H and O–H groups in total. The van der Waals surface area contributed by atoms with Gasteiger partial charge in [0.05, 0.1) is 0 Å². The lowest BCUT2D eigenvalue weighted by Crippen LogP contribution is -2.12. The molecule has 0 aromatic carbocycles. The normalized spacial score (nSPS) is 8.82. The van der Waals surface area contributed by atoms with E-state index < -0.39 is 0 Å². The lowest BCUT2D eigenvalue weighted by molar-refractivity contribution is -0.107. The molecule has 0 radical (unpaired) electrons. The Kier molecular flexibility index (Phi) is 14.7. The maximum atomic E-state index is 9.84. The van der Waals surface area contributed by atoms with Crippen molar-refractivity contribution >= 4 is 6.29 Å². The zero-order valence-electron chi connectivity index (χ0n) is 7.71. The van der Waals surface area contributed by atoms with Crippen LogP contribution in [0.5, 0.6) is 0 Å². The second-order valence-electron chi connectivity index (χ2n) is 2.47. The number of aliphatic hydroxyl groups excluding tert-OH is 1. The Morgan fingerprint density at radius 2 is 1.82 bits per heavy atom. The molecule has 0 aliphatic rings. The van der Waals surface area contributed by atoms with Crippen molar-refractivity contribution in [1.29, 1.82) is 0 Å². The molecule has 0 unspecified atom stereocenters.